The lowest BCUT2D eigenvalue weighted by Gasteiger charge is -2.19. The highest BCUT2D eigenvalue weighted by molar-refractivity contribution is 9.10. The van der Waals surface area contributed by atoms with Crippen molar-refractivity contribution >= 4 is 33.2 Å². The van der Waals surface area contributed by atoms with E-state index in [0.29, 0.717) is 22.5 Å². The molecule has 2 aromatic carbocycles. The molecule has 100 valence electrons. The number of amides is 1. The number of hydrogen-bond acceptors (Lipinski definition) is 3. The first kappa shape index (κ1) is 14.1. The van der Waals surface area contributed by atoms with Gasteiger partial charge in [-0.3, -0.25) is 4.79 Å². The summed E-state index contributed by atoms with van der Waals surface area (Å²) in [6.07, 6.45) is 0. The fraction of sp³-hybridized carbons (Fsp3) is 0.0667. The van der Waals surface area contributed by atoms with Crippen LogP contribution in [0.1, 0.15) is 15.9 Å². The number of nitrogens with zero attached hydrogens (tertiary/aromatic N) is 2. The molecule has 0 saturated heterocycles. The Labute approximate surface area is 125 Å². The number of nitrogen functional groups attached to an aromatic ring is 1. The average molecular weight is 330 g/mol. The van der Waals surface area contributed by atoms with Gasteiger partial charge in [-0.05, 0) is 30.3 Å². The van der Waals surface area contributed by atoms with Crippen LogP contribution in [0, 0.1) is 11.3 Å². The average Bonchev–Trinajstić information content (AvgIpc) is 2.48. The van der Waals surface area contributed by atoms with Crippen molar-refractivity contribution in [2.75, 3.05) is 17.7 Å². The summed E-state index contributed by atoms with van der Waals surface area (Å²) in [6, 6.07) is 14.1. The van der Waals surface area contributed by atoms with E-state index in [-0.39, 0.29) is 5.91 Å². The molecule has 1 amide bonds. The Morgan fingerprint density at radius 3 is 2.70 bits per heavy atom. The minimum atomic E-state index is -0.258. The summed E-state index contributed by atoms with van der Waals surface area (Å²) >= 11 is 3.32. The number of carbonyl (C=O) groups excluding carboxylic acids is 1. The van der Waals surface area contributed by atoms with Crippen LogP contribution in [0.4, 0.5) is 11.4 Å². The summed E-state index contributed by atoms with van der Waals surface area (Å²) < 4.78 is 0.775. The highest BCUT2D eigenvalue weighted by Gasteiger charge is 2.18. The maximum atomic E-state index is 12.5. The Hall–Kier alpha value is -2.32. The molecule has 2 aromatic rings. The number of carbonyl (C=O) groups is 1. The van der Waals surface area contributed by atoms with E-state index in [1.54, 1.807) is 49.5 Å². The third-order valence-corrected chi connectivity index (χ3v) is 3.43. The monoisotopic (exact) mass is 329 g/mol. The van der Waals surface area contributed by atoms with Crippen LogP contribution in [0.3, 0.4) is 0 Å². The first-order valence-corrected chi connectivity index (χ1v) is 6.66. The van der Waals surface area contributed by atoms with Crippen molar-refractivity contribution in [1.29, 1.82) is 5.26 Å². The van der Waals surface area contributed by atoms with E-state index in [0.717, 1.165) is 4.47 Å². The molecule has 0 aliphatic heterocycles. The van der Waals surface area contributed by atoms with E-state index in [2.05, 4.69) is 22.0 Å². The van der Waals surface area contributed by atoms with Crippen molar-refractivity contribution < 1.29 is 4.79 Å². The molecule has 0 atom stereocenters. The van der Waals surface area contributed by atoms with Gasteiger partial charge in [0.25, 0.3) is 5.91 Å². The molecule has 5 heteroatoms. The maximum absolute atomic E-state index is 12.5. The van der Waals surface area contributed by atoms with Crippen LogP contribution in [0.2, 0.25) is 0 Å². The van der Waals surface area contributed by atoms with Crippen LogP contribution in [0.5, 0.6) is 0 Å². The quantitative estimate of drug-likeness (QED) is 0.860. The SMILES string of the molecule is CN(C(=O)c1cc(Br)ccc1N)c1ccccc1C#N. The number of rotatable bonds is 2. The molecule has 4 nitrogen and oxygen atoms in total. The lowest BCUT2D eigenvalue weighted by molar-refractivity contribution is 0.0993. The van der Waals surface area contributed by atoms with Gasteiger partial charge in [-0.25, -0.2) is 0 Å². The molecule has 0 aromatic heterocycles. The lowest BCUT2D eigenvalue weighted by Crippen LogP contribution is -2.27. The van der Waals surface area contributed by atoms with Crippen molar-refractivity contribution in [2.45, 2.75) is 0 Å². The van der Waals surface area contributed by atoms with E-state index in [1.807, 2.05) is 0 Å². The Morgan fingerprint density at radius 2 is 2.00 bits per heavy atom. The van der Waals surface area contributed by atoms with Gasteiger partial charge in [0.1, 0.15) is 6.07 Å². The molecule has 0 spiro atoms. The predicted molar refractivity (Wildman–Crippen MR) is 82.4 cm³/mol. The molecule has 0 radical (unpaired) electrons. The summed E-state index contributed by atoms with van der Waals surface area (Å²) in [4.78, 5) is 13.9. The Bertz CT molecular complexity index is 707. The number of halogens is 1. The number of nitrogens with two attached hydrogens (primary N) is 1. The van der Waals surface area contributed by atoms with E-state index in [4.69, 9.17) is 11.0 Å². The highest BCUT2D eigenvalue weighted by Crippen LogP contribution is 2.24. The molecule has 0 saturated carbocycles. The van der Waals surface area contributed by atoms with E-state index >= 15 is 0 Å². The molecule has 0 aliphatic rings. The fourth-order valence-corrected chi connectivity index (χ4v) is 2.23. The topological polar surface area (TPSA) is 70.1 Å². The Morgan fingerprint density at radius 1 is 1.30 bits per heavy atom. The molecule has 20 heavy (non-hydrogen) atoms. The minimum absolute atomic E-state index is 0.258. The molecule has 0 fully saturated rings. The van der Waals surface area contributed by atoms with Gasteiger partial charge in [0.05, 0.1) is 16.8 Å². The predicted octanol–water partition coefficient (Wildman–Crippen LogP) is 3.18. The van der Waals surface area contributed by atoms with Crippen LogP contribution >= 0.6 is 15.9 Å². The van der Waals surface area contributed by atoms with Gasteiger partial charge in [-0.1, -0.05) is 28.1 Å². The van der Waals surface area contributed by atoms with Gasteiger partial charge in [-0.15, -0.1) is 0 Å². The standard InChI is InChI=1S/C15H12BrN3O/c1-19(14-5-3-2-4-10(14)9-17)15(20)12-8-11(16)6-7-13(12)18/h2-8H,18H2,1H3. The smallest absolute Gasteiger partial charge is 0.260 e. The van der Waals surface area contributed by atoms with Crippen LogP contribution in [-0.4, -0.2) is 13.0 Å². The molecule has 0 bridgehead atoms. The van der Waals surface area contributed by atoms with Crippen molar-refractivity contribution in [1.82, 2.24) is 0 Å². The normalized spacial score (nSPS) is 9.85. The molecule has 0 heterocycles. The van der Waals surface area contributed by atoms with Crippen molar-refractivity contribution in [3.8, 4) is 6.07 Å². The molecule has 0 unspecified atom stereocenters. The second-order valence-corrected chi connectivity index (χ2v) is 5.14. The molecule has 2 N–H and O–H groups in total. The van der Waals surface area contributed by atoms with E-state index in [1.165, 1.54) is 4.90 Å². The third-order valence-electron chi connectivity index (χ3n) is 2.94. The van der Waals surface area contributed by atoms with Crippen LogP contribution in [0.15, 0.2) is 46.9 Å². The first-order valence-electron chi connectivity index (χ1n) is 5.87. The Kier molecular flexibility index (Phi) is 4.06. The van der Waals surface area contributed by atoms with E-state index in [9.17, 15) is 4.79 Å². The largest absolute Gasteiger partial charge is 0.398 e. The zero-order valence-corrected chi connectivity index (χ0v) is 12.4. The van der Waals surface area contributed by atoms with E-state index < -0.39 is 0 Å². The van der Waals surface area contributed by atoms with Crippen molar-refractivity contribution in [3.05, 3.63) is 58.1 Å². The van der Waals surface area contributed by atoms with Crippen LogP contribution in [0.25, 0.3) is 0 Å². The second kappa shape index (κ2) is 5.76. The summed E-state index contributed by atoms with van der Waals surface area (Å²) in [5.41, 5.74) is 7.64. The fourth-order valence-electron chi connectivity index (χ4n) is 1.86. The number of hydrogen-bond donors (Lipinski definition) is 1. The molecule has 0 aliphatic carbocycles. The maximum Gasteiger partial charge on any atom is 0.260 e. The zero-order chi connectivity index (χ0) is 14.7. The van der Waals surface area contributed by atoms with Gasteiger partial charge in [0.15, 0.2) is 0 Å². The first-order chi connectivity index (χ1) is 9.54. The number of anilines is 2. The minimum Gasteiger partial charge on any atom is -0.398 e. The summed E-state index contributed by atoms with van der Waals surface area (Å²) in [5.74, 6) is -0.258. The van der Waals surface area contributed by atoms with Crippen molar-refractivity contribution in [2.24, 2.45) is 0 Å². The van der Waals surface area contributed by atoms with Crippen LogP contribution in [-0.2, 0) is 0 Å². The van der Waals surface area contributed by atoms with Crippen LogP contribution < -0.4 is 10.6 Å². The third kappa shape index (κ3) is 2.65. The summed E-state index contributed by atoms with van der Waals surface area (Å²) in [5, 5.41) is 9.10. The number of benzene rings is 2. The molecular formula is C15H12BrN3O. The zero-order valence-electron chi connectivity index (χ0n) is 10.8. The number of nitriles is 1. The lowest BCUT2D eigenvalue weighted by atomic mass is 10.1. The summed E-state index contributed by atoms with van der Waals surface area (Å²) in [7, 11) is 1.62. The van der Waals surface area contributed by atoms with Crippen molar-refractivity contribution in [3.63, 3.8) is 0 Å². The second-order valence-electron chi connectivity index (χ2n) is 4.22. The molecule has 2 rings (SSSR count). The van der Waals surface area contributed by atoms with Gasteiger partial charge in [0, 0.05) is 17.2 Å². The molecular weight excluding hydrogens is 318 g/mol. The number of para-hydroxylation sites is 1. The summed E-state index contributed by atoms with van der Waals surface area (Å²) in [6.45, 7) is 0. The van der Waals surface area contributed by atoms with Gasteiger partial charge in [0.2, 0.25) is 0 Å². The van der Waals surface area contributed by atoms with Gasteiger partial charge < -0.3 is 10.6 Å². The highest BCUT2D eigenvalue weighted by atomic mass is 79.9. The van der Waals surface area contributed by atoms with Gasteiger partial charge in [-0.2, -0.15) is 5.26 Å². The Balaban J connectivity index is 2.43. The van der Waals surface area contributed by atoms with Gasteiger partial charge >= 0.3 is 0 Å².